The van der Waals surface area contributed by atoms with Gasteiger partial charge in [0.2, 0.25) is 0 Å². The van der Waals surface area contributed by atoms with Gasteiger partial charge in [-0.2, -0.15) is 0 Å². The van der Waals surface area contributed by atoms with Crippen LogP contribution in [0.5, 0.6) is 5.75 Å². The van der Waals surface area contributed by atoms with Gasteiger partial charge in [0.05, 0.1) is 18.7 Å². The second-order valence-electron chi connectivity index (χ2n) is 6.93. The number of methoxy groups -OCH3 is 1. The van der Waals surface area contributed by atoms with Crippen molar-refractivity contribution in [2.45, 2.75) is 6.04 Å². The van der Waals surface area contributed by atoms with E-state index in [-0.39, 0.29) is 11.3 Å². The molecular weight excluding hydrogens is 526 g/mol. The van der Waals surface area contributed by atoms with Crippen molar-refractivity contribution in [2.75, 3.05) is 12.0 Å². The van der Waals surface area contributed by atoms with Crippen LogP contribution in [0.15, 0.2) is 87.3 Å². The number of benzene rings is 3. The Balaban J connectivity index is 1.92. The first kappa shape index (κ1) is 21.3. The van der Waals surface area contributed by atoms with Gasteiger partial charge in [0.15, 0.2) is 0 Å². The number of nitrogens with zero attached hydrogens (tertiary/aromatic N) is 1. The van der Waals surface area contributed by atoms with Crippen LogP contribution in [0.3, 0.4) is 0 Å². The van der Waals surface area contributed by atoms with Gasteiger partial charge in [-0.1, -0.05) is 56.1 Å². The summed E-state index contributed by atoms with van der Waals surface area (Å²) in [6.45, 7) is 0. The second-order valence-corrected chi connectivity index (χ2v) is 8.76. The molecule has 4 rings (SSSR count). The van der Waals surface area contributed by atoms with Crippen molar-refractivity contribution >= 4 is 55.0 Å². The number of rotatable bonds is 4. The fourth-order valence-corrected chi connectivity index (χ4v) is 4.09. The van der Waals surface area contributed by atoms with E-state index in [2.05, 4.69) is 31.9 Å². The van der Waals surface area contributed by atoms with Gasteiger partial charge < -0.3 is 9.84 Å². The minimum atomic E-state index is -0.782. The van der Waals surface area contributed by atoms with Gasteiger partial charge in [-0.25, -0.2) is 0 Å². The molecule has 156 valence electrons. The van der Waals surface area contributed by atoms with E-state index in [4.69, 9.17) is 4.74 Å². The Hall–Kier alpha value is -2.90. The Morgan fingerprint density at radius 3 is 1.97 bits per heavy atom. The molecule has 5 nitrogen and oxygen atoms in total. The molecule has 3 aromatic carbocycles. The molecule has 0 bridgehead atoms. The maximum atomic E-state index is 13.1. The molecule has 0 saturated carbocycles. The third kappa shape index (κ3) is 4.03. The molecule has 1 atom stereocenters. The number of carbonyl (C=O) groups excluding carboxylic acids is 2. The van der Waals surface area contributed by atoms with Crippen molar-refractivity contribution in [3.63, 3.8) is 0 Å². The normalized spacial score (nSPS) is 17.8. The zero-order chi connectivity index (χ0) is 22.1. The highest BCUT2D eigenvalue weighted by atomic mass is 79.9. The van der Waals surface area contributed by atoms with Crippen LogP contribution in [0.4, 0.5) is 5.69 Å². The number of aliphatic hydroxyl groups is 1. The van der Waals surface area contributed by atoms with E-state index in [1.54, 1.807) is 79.9 Å². The minimum absolute atomic E-state index is 0.0420. The first-order valence-corrected chi connectivity index (χ1v) is 11.0. The molecule has 0 radical (unpaired) electrons. The van der Waals surface area contributed by atoms with Crippen LogP contribution in [0.2, 0.25) is 0 Å². The molecule has 0 aromatic heterocycles. The van der Waals surface area contributed by atoms with E-state index >= 15 is 0 Å². The van der Waals surface area contributed by atoms with E-state index in [0.29, 0.717) is 22.6 Å². The highest BCUT2D eigenvalue weighted by molar-refractivity contribution is 9.10. The Kier molecular flexibility index (Phi) is 5.98. The Morgan fingerprint density at radius 1 is 0.871 bits per heavy atom. The minimum Gasteiger partial charge on any atom is -0.507 e. The maximum absolute atomic E-state index is 13.1. The van der Waals surface area contributed by atoms with Crippen molar-refractivity contribution in [3.05, 3.63) is 98.4 Å². The van der Waals surface area contributed by atoms with Crippen molar-refractivity contribution in [1.29, 1.82) is 0 Å². The number of carbonyl (C=O) groups is 2. The first-order chi connectivity index (χ1) is 14.9. The summed E-state index contributed by atoms with van der Waals surface area (Å²) in [4.78, 5) is 27.6. The zero-order valence-corrected chi connectivity index (χ0v) is 19.6. The summed E-state index contributed by atoms with van der Waals surface area (Å²) in [6.07, 6.45) is 0. The van der Waals surface area contributed by atoms with Crippen LogP contribution in [-0.4, -0.2) is 23.9 Å². The van der Waals surface area contributed by atoms with Crippen LogP contribution in [0, 0.1) is 0 Å². The van der Waals surface area contributed by atoms with Gasteiger partial charge in [0.1, 0.15) is 11.5 Å². The predicted octanol–water partition coefficient (Wildman–Crippen LogP) is 5.85. The largest absolute Gasteiger partial charge is 0.507 e. The number of ketones is 1. The Labute approximate surface area is 196 Å². The number of Topliss-reactive ketones (excluding diaryl/α,β-unsaturated/α-hetero) is 1. The standard InChI is InChI=1S/C24H17Br2NO4/c1-31-19-12-4-14(5-13-19)21-20(22(28)15-2-6-16(25)7-3-15)23(29)24(30)27(21)18-10-8-17(26)9-11-18/h2-13,21,28H,1H3/b22-20-. The third-order valence-electron chi connectivity index (χ3n) is 5.10. The molecule has 1 unspecified atom stereocenters. The molecule has 1 N–H and O–H groups in total. The molecular formula is C24H17Br2NO4. The lowest BCUT2D eigenvalue weighted by atomic mass is 9.95. The average molecular weight is 543 g/mol. The van der Waals surface area contributed by atoms with E-state index in [0.717, 1.165) is 8.95 Å². The fourth-order valence-electron chi connectivity index (χ4n) is 3.57. The number of anilines is 1. The highest BCUT2D eigenvalue weighted by Crippen LogP contribution is 2.42. The van der Waals surface area contributed by atoms with Crippen LogP contribution in [0.25, 0.3) is 5.76 Å². The van der Waals surface area contributed by atoms with Crippen LogP contribution in [-0.2, 0) is 9.59 Å². The van der Waals surface area contributed by atoms with Gasteiger partial charge in [0.25, 0.3) is 11.7 Å². The van der Waals surface area contributed by atoms with E-state index in [1.165, 1.54) is 4.90 Å². The lowest BCUT2D eigenvalue weighted by Gasteiger charge is -2.25. The Morgan fingerprint density at radius 2 is 1.42 bits per heavy atom. The molecule has 1 heterocycles. The molecule has 1 aliphatic rings. The number of hydrogen-bond donors (Lipinski definition) is 1. The molecule has 0 spiro atoms. The summed E-state index contributed by atoms with van der Waals surface area (Å²) in [7, 11) is 1.57. The summed E-state index contributed by atoms with van der Waals surface area (Å²) in [5, 5.41) is 11.1. The van der Waals surface area contributed by atoms with E-state index in [1.807, 2.05) is 0 Å². The summed E-state index contributed by atoms with van der Waals surface area (Å²) >= 11 is 6.76. The second kappa shape index (κ2) is 8.69. The quantitative estimate of drug-likeness (QED) is 0.255. The topological polar surface area (TPSA) is 66.8 Å². The number of halogens is 2. The summed E-state index contributed by atoms with van der Waals surface area (Å²) in [6, 6.07) is 20.3. The molecule has 7 heteroatoms. The van der Waals surface area contributed by atoms with Crippen LogP contribution >= 0.6 is 31.9 Å². The molecule has 0 aliphatic carbocycles. The van der Waals surface area contributed by atoms with Crippen LogP contribution in [0.1, 0.15) is 17.2 Å². The van der Waals surface area contributed by atoms with E-state index < -0.39 is 17.7 Å². The molecule has 1 saturated heterocycles. The first-order valence-electron chi connectivity index (χ1n) is 9.37. The molecule has 1 amide bonds. The third-order valence-corrected chi connectivity index (χ3v) is 6.16. The number of hydrogen-bond acceptors (Lipinski definition) is 4. The Bertz CT molecular complexity index is 1170. The smallest absolute Gasteiger partial charge is 0.300 e. The summed E-state index contributed by atoms with van der Waals surface area (Å²) in [5.74, 6) is -0.991. The van der Waals surface area contributed by atoms with Crippen molar-refractivity contribution < 1.29 is 19.4 Å². The average Bonchev–Trinajstić information content (AvgIpc) is 3.05. The summed E-state index contributed by atoms with van der Waals surface area (Å²) < 4.78 is 6.92. The van der Waals surface area contributed by atoms with Crippen LogP contribution < -0.4 is 9.64 Å². The van der Waals surface area contributed by atoms with Gasteiger partial charge in [0, 0.05) is 20.2 Å². The number of amides is 1. The van der Waals surface area contributed by atoms with Gasteiger partial charge in [-0.3, -0.25) is 14.5 Å². The highest BCUT2D eigenvalue weighted by Gasteiger charge is 2.46. The van der Waals surface area contributed by atoms with E-state index in [9.17, 15) is 14.7 Å². The fraction of sp³-hybridized carbons (Fsp3) is 0.0833. The predicted molar refractivity (Wildman–Crippen MR) is 126 cm³/mol. The molecule has 3 aromatic rings. The van der Waals surface area contributed by atoms with Crippen molar-refractivity contribution in [3.8, 4) is 5.75 Å². The lowest BCUT2D eigenvalue weighted by molar-refractivity contribution is -0.132. The molecule has 31 heavy (non-hydrogen) atoms. The molecule has 1 fully saturated rings. The van der Waals surface area contributed by atoms with Gasteiger partial charge in [-0.15, -0.1) is 0 Å². The SMILES string of the molecule is COc1ccc(C2/C(=C(/O)c3ccc(Br)cc3)C(=O)C(=O)N2c2ccc(Br)cc2)cc1. The molecule has 1 aliphatic heterocycles. The van der Waals surface area contributed by atoms with Crippen molar-refractivity contribution in [1.82, 2.24) is 0 Å². The lowest BCUT2D eigenvalue weighted by Crippen LogP contribution is -2.29. The summed E-state index contributed by atoms with van der Waals surface area (Å²) in [5.41, 5.74) is 1.73. The maximum Gasteiger partial charge on any atom is 0.300 e. The number of aliphatic hydroxyl groups excluding tert-OH is 1. The van der Waals surface area contributed by atoms with Gasteiger partial charge in [-0.05, 0) is 54.1 Å². The van der Waals surface area contributed by atoms with Crippen molar-refractivity contribution in [2.24, 2.45) is 0 Å². The number of ether oxygens (including phenoxy) is 1. The van der Waals surface area contributed by atoms with Gasteiger partial charge >= 0.3 is 0 Å². The zero-order valence-electron chi connectivity index (χ0n) is 16.4. The monoisotopic (exact) mass is 541 g/mol.